The highest BCUT2D eigenvalue weighted by Crippen LogP contribution is 2.28. The maximum Gasteiger partial charge on any atom is 0.217 e. The third-order valence-corrected chi connectivity index (χ3v) is 4.39. The molecule has 6 nitrogen and oxygen atoms in total. The second kappa shape index (κ2) is 5.96. The fourth-order valence-corrected chi connectivity index (χ4v) is 3.43. The first-order chi connectivity index (χ1) is 11.7. The van der Waals surface area contributed by atoms with Crippen molar-refractivity contribution in [3.8, 4) is 0 Å². The molecule has 0 radical (unpaired) electrons. The summed E-state index contributed by atoms with van der Waals surface area (Å²) in [5, 5.41) is 3.06. The standard InChI is InChI=1S/C18H19N5O/c1-13(24)21-15-8-14-4-2-3-5-17(14)22(11-15)12-16-9-20-18-10-19-6-7-23(16)18/h2-7,9-10,15H,8,11-12H2,1H3,(H,21,24). The highest BCUT2D eigenvalue weighted by atomic mass is 16.1. The summed E-state index contributed by atoms with van der Waals surface area (Å²) < 4.78 is 2.05. The van der Waals surface area contributed by atoms with E-state index in [1.54, 1.807) is 19.3 Å². The fourth-order valence-electron chi connectivity index (χ4n) is 3.43. The molecule has 2 aromatic heterocycles. The number of anilines is 1. The van der Waals surface area contributed by atoms with Crippen LogP contribution in [0.15, 0.2) is 49.1 Å². The third kappa shape index (κ3) is 2.71. The third-order valence-electron chi connectivity index (χ3n) is 4.39. The number of rotatable bonds is 3. The van der Waals surface area contributed by atoms with Crippen LogP contribution in [0.4, 0.5) is 5.69 Å². The Morgan fingerprint density at radius 1 is 1.33 bits per heavy atom. The average molecular weight is 321 g/mol. The quantitative estimate of drug-likeness (QED) is 0.799. The summed E-state index contributed by atoms with van der Waals surface area (Å²) in [5.74, 6) is 0.0141. The number of carbonyl (C=O) groups is 1. The van der Waals surface area contributed by atoms with E-state index in [0.29, 0.717) is 0 Å². The van der Waals surface area contributed by atoms with Gasteiger partial charge in [0.05, 0.1) is 30.7 Å². The number of carbonyl (C=O) groups excluding carboxylic acids is 1. The fraction of sp³-hybridized carbons (Fsp3) is 0.278. The number of benzene rings is 1. The van der Waals surface area contributed by atoms with Gasteiger partial charge in [0.1, 0.15) is 0 Å². The van der Waals surface area contributed by atoms with E-state index in [2.05, 4.69) is 42.8 Å². The van der Waals surface area contributed by atoms with Gasteiger partial charge in [0, 0.05) is 31.5 Å². The second-order valence-corrected chi connectivity index (χ2v) is 6.16. The van der Waals surface area contributed by atoms with Crippen LogP contribution in [0, 0.1) is 0 Å². The molecule has 1 atom stereocenters. The van der Waals surface area contributed by atoms with Crippen molar-refractivity contribution in [2.75, 3.05) is 11.4 Å². The van der Waals surface area contributed by atoms with Crippen molar-refractivity contribution in [1.82, 2.24) is 19.7 Å². The van der Waals surface area contributed by atoms with Gasteiger partial charge < -0.3 is 10.2 Å². The molecule has 24 heavy (non-hydrogen) atoms. The van der Waals surface area contributed by atoms with Crippen LogP contribution in [0.1, 0.15) is 18.2 Å². The number of imidazole rings is 1. The molecule has 122 valence electrons. The minimum absolute atomic E-state index is 0.0141. The summed E-state index contributed by atoms with van der Waals surface area (Å²) in [7, 11) is 0. The number of para-hydroxylation sites is 1. The smallest absolute Gasteiger partial charge is 0.217 e. The van der Waals surface area contributed by atoms with E-state index >= 15 is 0 Å². The number of hydrogen-bond acceptors (Lipinski definition) is 4. The van der Waals surface area contributed by atoms with Crippen LogP contribution in [0.25, 0.3) is 5.65 Å². The van der Waals surface area contributed by atoms with Crippen LogP contribution >= 0.6 is 0 Å². The van der Waals surface area contributed by atoms with E-state index < -0.39 is 0 Å². The van der Waals surface area contributed by atoms with Crippen LogP contribution < -0.4 is 10.2 Å². The molecule has 1 amide bonds. The molecule has 1 aliphatic rings. The molecule has 0 spiro atoms. The Kier molecular flexibility index (Phi) is 3.65. The van der Waals surface area contributed by atoms with Gasteiger partial charge in [0.15, 0.2) is 5.65 Å². The molecule has 0 bridgehead atoms. The van der Waals surface area contributed by atoms with Crippen molar-refractivity contribution in [2.24, 2.45) is 0 Å². The normalized spacial score (nSPS) is 16.9. The Labute approximate surface area is 140 Å². The van der Waals surface area contributed by atoms with Gasteiger partial charge in [-0.05, 0) is 18.1 Å². The average Bonchev–Trinajstić information content (AvgIpc) is 2.97. The molecule has 1 N–H and O–H groups in total. The molecule has 6 heteroatoms. The van der Waals surface area contributed by atoms with Crippen LogP contribution in [0.5, 0.6) is 0 Å². The van der Waals surface area contributed by atoms with Gasteiger partial charge in [-0.1, -0.05) is 18.2 Å². The molecule has 3 aromatic rings. The second-order valence-electron chi connectivity index (χ2n) is 6.16. The van der Waals surface area contributed by atoms with Gasteiger partial charge >= 0.3 is 0 Å². The van der Waals surface area contributed by atoms with Crippen molar-refractivity contribution in [3.63, 3.8) is 0 Å². The van der Waals surface area contributed by atoms with Gasteiger partial charge in [-0.3, -0.25) is 14.2 Å². The minimum atomic E-state index is 0.0141. The van der Waals surface area contributed by atoms with Crippen molar-refractivity contribution >= 4 is 17.2 Å². The molecule has 1 aromatic carbocycles. The van der Waals surface area contributed by atoms with Crippen molar-refractivity contribution in [1.29, 1.82) is 0 Å². The molecule has 0 aliphatic carbocycles. The Morgan fingerprint density at radius 2 is 2.21 bits per heavy atom. The highest BCUT2D eigenvalue weighted by Gasteiger charge is 2.25. The van der Waals surface area contributed by atoms with E-state index in [0.717, 1.165) is 30.9 Å². The summed E-state index contributed by atoms with van der Waals surface area (Å²) in [6.07, 6.45) is 8.21. The first kappa shape index (κ1) is 14.7. The zero-order valence-electron chi connectivity index (χ0n) is 13.5. The zero-order chi connectivity index (χ0) is 16.5. The maximum atomic E-state index is 11.5. The van der Waals surface area contributed by atoms with E-state index in [-0.39, 0.29) is 11.9 Å². The Balaban J connectivity index is 1.66. The molecular formula is C18H19N5O. The van der Waals surface area contributed by atoms with E-state index in [4.69, 9.17) is 0 Å². The molecule has 0 fully saturated rings. The van der Waals surface area contributed by atoms with Gasteiger partial charge in [0.25, 0.3) is 0 Å². The molecule has 3 heterocycles. The van der Waals surface area contributed by atoms with Crippen LogP contribution in [-0.2, 0) is 17.8 Å². The number of nitrogens with one attached hydrogen (secondary N) is 1. The van der Waals surface area contributed by atoms with Crippen molar-refractivity contribution in [3.05, 3.63) is 60.3 Å². The van der Waals surface area contributed by atoms with Crippen LogP contribution in [0.2, 0.25) is 0 Å². The van der Waals surface area contributed by atoms with Crippen LogP contribution in [-0.4, -0.2) is 32.9 Å². The first-order valence-corrected chi connectivity index (χ1v) is 8.06. The molecule has 1 unspecified atom stereocenters. The van der Waals surface area contributed by atoms with Crippen LogP contribution in [0.3, 0.4) is 0 Å². The lowest BCUT2D eigenvalue weighted by Gasteiger charge is -2.36. The summed E-state index contributed by atoms with van der Waals surface area (Å²) in [5.41, 5.74) is 4.43. The minimum Gasteiger partial charge on any atom is -0.363 e. The molecule has 4 rings (SSSR count). The number of fused-ring (bicyclic) bond motifs is 2. The summed E-state index contributed by atoms with van der Waals surface area (Å²) in [6, 6.07) is 8.51. The SMILES string of the molecule is CC(=O)NC1Cc2ccccc2N(Cc2cnc3cnccn23)C1. The van der Waals surface area contributed by atoms with E-state index in [9.17, 15) is 4.79 Å². The monoisotopic (exact) mass is 321 g/mol. The summed E-state index contributed by atoms with van der Waals surface area (Å²) in [4.78, 5) is 22.3. The molecule has 1 aliphatic heterocycles. The predicted molar refractivity (Wildman–Crippen MR) is 91.8 cm³/mol. The molecule has 0 saturated carbocycles. The maximum absolute atomic E-state index is 11.5. The van der Waals surface area contributed by atoms with Gasteiger partial charge in [-0.15, -0.1) is 0 Å². The Bertz CT molecular complexity index is 888. The Morgan fingerprint density at radius 3 is 3.08 bits per heavy atom. The van der Waals surface area contributed by atoms with Gasteiger partial charge in [-0.25, -0.2) is 4.98 Å². The number of aromatic nitrogens is 3. The lowest BCUT2D eigenvalue weighted by molar-refractivity contribution is -0.119. The van der Waals surface area contributed by atoms with Crippen molar-refractivity contribution < 1.29 is 4.79 Å². The summed E-state index contributed by atoms with van der Waals surface area (Å²) in [6.45, 7) is 3.09. The van der Waals surface area contributed by atoms with Crippen molar-refractivity contribution in [2.45, 2.75) is 25.9 Å². The highest BCUT2D eigenvalue weighted by molar-refractivity contribution is 5.73. The van der Waals surface area contributed by atoms with E-state index in [1.165, 1.54) is 11.3 Å². The largest absolute Gasteiger partial charge is 0.363 e. The van der Waals surface area contributed by atoms with E-state index in [1.807, 2.05) is 18.5 Å². The summed E-state index contributed by atoms with van der Waals surface area (Å²) >= 11 is 0. The predicted octanol–water partition coefficient (Wildman–Crippen LogP) is 1.80. The zero-order valence-corrected chi connectivity index (χ0v) is 13.5. The number of hydrogen-bond donors (Lipinski definition) is 1. The lowest BCUT2D eigenvalue weighted by atomic mass is 9.97. The molecular weight excluding hydrogens is 302 g/mol. The Hall–Kier alpha value is -2.89. The number of nitrogens with zero attached hydrogens (tertiary/aromatic N) is 4. The topological polar surface area (TPSA) is 62.5 Å². The first-order valence-electron chi connectivity index (χ1n) is 8.06. The lowest BCUT2D eigenvalue weighted by Crippen LogP contribution is -2.47. The van der Waals surface area contributed by atoms with Gasteiger partial charge in [-0.2, -0.15) is 0 Å². The van der Waals surface area contributed by atoms with Gasteiger partial charge in [0.2, 0.25) is 5.91 Å². The number of amides is 1. The molecule has 0 saturated heterocycles.